The van der Waals surface area contributed by atoms with Crippen molar-refractivity contribution in [1.82, 2.24) is 9.99 Å². The Morgan fingerprint density at radius 2 is 1.65 bits per heavy atom. The first kappa shape index (κ1) is 26.0. The number of aryl methyl sites for hydroxylation is 1. The molecule has 0 aliphatic rings. The molecule has 1 heterocycles. The van der Waals surface area contributed by atoms with Gasteiger partial charge in [-0.05, 0) is 66.6 Å². The zero-order chi connectivity index (χ0) is 26.4. The molecule has 0 fully saturated rings. The molecule has 3 aromatic carbocycles. The van der Waals surface area contributed by atoms with Gasteiger partial charge in [0.25, 0.3) is 5.91 Å². The van der Waals surface area contributed by atoms with Gasteiger partial charge in [0.1, 0.15) is 0 Å². The van der Waals surface area contributed by atoms with Crippen LogP contribution in [0.25, 0.3) is 16.9 Å². The van der Waals surface area contributed by atoms with Crippen molar-refractivity contribution < 1.29 is 19.1 Å². The molecule has 188 valence electrons. The van der Waals surface area contributed by atoms with Gasteiger partial charge in [0.05, 0.1) is 29.1 Å². The first-order valence-corrected chi connectivity index (χ1v) is 12.0. The maximum absolute atomic E-state index is 12.6. The molecule has 0 aliphatic heterocycles. The number of carbonyl (C=O) groups excluding carboxylic acids is 2. The summed E-state index contributed by atoms with van der Waals surface area (Å²) in [5, 5.41) is 4.38. The van der Waals surface area contributed by atoms with Crippen molar-refractivity contribution >= 4 is 41.3 Å². The highest BCUT2D eigenvalue weighted by Gasteiger charge is 2.13. The van der Waals surface area contributed by atoms with Gasteiger partial charge in [0.2, 0.25) is 0 Å². The molecule has 0 atom stereocenters. The van der Waals surface area contributed by atoms with Crippen LogP contribution in [0.3, 0.4) is 0 Å². The molecule has 0 aliphatic carbocycles. The minimum Gasteiger partial charge on any atom is -0.479 e. The second-order valence-electron chi connectivity index (χ2n) is 7.99. The Bertz CT molecular complexity index is 1430. The number of aromatic nitrogens is 1. The summed E-state index contributed by atoms with van der Waals surface area (Å²) < 4.78 is 12.0. The van der Waals surface area contributed by atoms with E-state index in [-0.39, 0.29) is 28.3 Å². The molecule has 1 aromatic heterocycles. The molecule has 37 heavy (non-hydrogen) atoms. The van der Waals surface area contributed by atoms with Gasteiger partial charge >= 0.3 is 5.97 Å². The molecular formula is C28H23Cl2N3O4. The molecule has 0 spiro atoms. The lowest BCUT2D eigenvalue weighted by molar-refractivity contribution is -0.142. The summed E-state index contributed by atoms with van der Waals surface area (Å²) in [6.07, 6.45) is 1.41. The predicted octanol–water partition coefficient (Wildman–Crippen LogP) is 6.08. The Balaban J connectivity index is 1.43. The number of ether oxygens (including phenoxy) is 2. The number of hydrogen-bond donors (Lipinski definition) is 1. The minimum atomic E-state index is -0.561. The van der Waals surface area contributed by atoms with Gasteiger partial charge in [-0.15, -0.1) is 0 Å². The number of carbonyl (C=O) groups is 2. The maximum Gasteiger partial charge on any atom is 0.343 e. The number of esters is 1. The van der Waals surface area contributed by atoms with Gasteiger partial charge in [-0.3, -0.25) is 4.79 Å². The number of rotatable bonds is 8. The van der Waals surface area contributed by atoms with Crippen LogP contribution in [0, 0.1) is 6.92 Å². The molecule has 4 aromatic rings. The third kappa shape index (κ3) is 6.20. The van der Waals surface area contributed by atoms with Crippen LogP contribution in [-0.2, 0) is 9.53 Å². The standard InChI is InChI=1S/C28H23Cl2N3O4/c1-18-8-13-25(20-6-4-3-5-7-20)33(18)22-11-9-21(10-12-22)28(35)32-31-16-19-14-23(29)27(24(30)15-19)37-17-26(34)36-2/h3-16H,17H2,1-2H3,(H,32,35)/b31-16+. The fourth-order valence-corrected chi connectivity index (χ4v) is 4.30. The van der Waals surface area contributed by atoms with Crippen LogP contribution >= 0.6 is 23.2 Å². The highest BCUT2D eigenvalue weighted by atomic mass is 35.5. The van der Waals surface area contributed by atoms with E-state index in [0.29, 0.717) is 11.1 Å². The minimum absolute atomic E-state index is 0.156. The van der Waals surface area contributed by atoms with Gasteiger partial charge in [-0.25, -0.2) is 10.2 Å². The molecule has 0 saturated heterocycles. The van der Waals surface area contributed by atoms with Crippen molar-refractivity contribution in [1.29, 1.82) is 0 Å². The molecule has 1 amide bonds. The summed E-state index contributed by atoms with van der Waals surface area (Å²) in [6, 6.07) is 24.6. The molecule has 9 heteroatoms. The monoisotopic (exact) mass is 535 g/mol. The summed E-state index contributed by atoms with van der Waals surface area (Å²) in [5.74, 6) is -0.775. The average molecular weight is 536 g/mol. The number of hydrazone groups is 1. The predicted molar refractivity (Wildman–Crippen MR) is 145 cm³/mol. The fraction of sp³-hybridized carbons (Fsp3) is 0.107. The number of hydrogen-bond acceptors (Lipinski definition) is 5. The Labute approximate surface area is 224 Å². The topological polar surface area (TPSA) is 81.9 Å². The second kappa shape index (κ2) is 11.8. The van der Waals surface area contributed by atoms with Crippen molar-refractivity contribution in [2.75, 3.05) is 13.7 Å². The number of methoxy groups -OCH3 is 1. The van der Waals surface area contributed by atoms with Gasteiger partial charge < -0.3 is 14.0 Å². The second-order valence-corrected chi connectivity index (χ2v) is 8.80. The zero-order valence-electron chi connectivity index (χ0n) is 20.1. The van der Waals surface area contributed by atoms with E-state index in [1.54, 1.807) is 24.3 Å². The van der Waals surface area contributed by atoms with Gasteiger partial charge in [0, 0.05) is 16.9 Å². The van der Waals surface area contributed by atoms with E-state index in [9.17, 15) is 9.59 Å². The SMILES string of the molecule is COC(=O)COc1c(Cl)cc(/C=N/NC(=O)c2ccc(-n3c(C)ccc3-c3ccccc3)cc2)cc1Cl. The van der Waals surface area contributed by atoms with Crippen LogP contribution < -0.4 is 10.2 Å². The fourth-order valence-electron chi connectivity index (χ4n) is 3.69. The van der Waals surface area contributed by atoms with Crippen molar-refractivity contribution in [3.63, 3.8) is 0 Å². The largest absolute Gasteiger partial charge is 0.479 e. The first-order chi connectivity index (χ1) is 17.9. The molecule has 4 rings (SSSR count). The summed E-state index contributed by atoms with van der Waals surface area (Å²) >= 11 is 12.4. The van der Waals surface area contributed by atoms with E-state index >= 15 is 0 Å². The summed E-state index contributed by atoms with van der Waals surface area (Å²) in [7, 11) is 1.25. The molecule has 0 bridgehead atoms. The normalized spacial score (nSPS) is 10.9. The van der Waals surface area contributed by atoms with Gasteiger partial charge in [-0.2, -0.15) is 5.10 Å². The lowest BCUT2D eigenvalue weighted by atomic mass is 10.1. The van der Waals surface area contributed by atoms with Crippen molar-refractivity contribution in [2.45, 2.75) is 6.92 Å². The molecular weight excluding hydrogens is 513 g/mol. The quantitative estimate of drug-likeness (QED) is 0.168. The van der Waals surface area contributed by atoms with Crippen LogP contribution in [0.2, 0.25) is 10.0 Å². The van der Waals surface area contributed by atoms with E-state index in [0.717, 1.165) is 22.6 Å². The van der Waals surface area contributed by atoms with Crippen molar-refractivity contribution in [3.8, 4) is 22.7 Å². The Morgan fingerprint density at radius 3 is 2.30 bits per heavy atom. The third-order valence-corrected chi connectivity index (χ3v) is 6.06. The van der Waals surface area contributed by atoms with Gasteiger partial charge in [-0.1, -0.05) is 53.5 Å². The van der Waals surface area contributed by atoms with Crippen molar-refractivity contribution in [2.24, 2.45) is 5.10 Å². The van der Waals surface area contributed by atoms with Crippen LogP contribution in [-0.4, -0.2) is 36.4 Å². The molecule has 7 nitrogen and oxygen atoms in total. The van der Waals surface area contributed by atoms with E-state index in [4.69, 9.17) is 27.9 Å². The summed E-state index contributed by atoms with van der Waals surface area (Å²) in [4.78, 5) is 23.9. The molecule has 1 N–H and O–H groups in total. The van der Waals surface area contributed by atoms with Gasteiger partial charge in [0.15, 0.2) is 12.4 Å². The van der Waals surface area contributed by atoms with Crippen LogP contribution in [0.5, 0.6) is 5.75 Å². The smallest absolute Gasteiger partial charge is 0.343 e. The first-order valence-electron chi connectivity index (χ1n) is 11.2. The lowest BCUT2D eigenvalue weighted by Crippen LogP contribution is -2.17. The van der Waals surface area contributed by atoms with E-state index < -0.39 is 5.97 Å². The average Bonchev–Trinajstić information content (AvgIpc) is 3.29. The number of halogens is 2. The number of benzene rings is 3. The summed E-state index contributed by atoms with van der Waals surface area (Å²) in [6.45, 7) is 1.72. The van der Waals surface area contributed by atoms with E-state index in [1.165, 1.54) is 13.3 Å². The van der Waals surface area contributed by atoms with Crippen molar-refractivity contribution in [3.05, 3.63) is 106 Å². The third-order valence-electron chi connectivity index (χ3n) is 5.50. The molecule has 0 radical (unpaired) electrons. The summed E-state index contributed by atoms with van der Waals surface area (Å²) in [5.41, 5.74) is 7.69. The van der Waals surface area contributed by atoms with E-state index in [2.05, 4.69) is 44.1 Å². The lowest BCUT2D eigenvalue weighted by Gasteiger charge is -2.12. The van der Waals surface area contributed by atoms with Crippen LogP contribution in [0.15, 0.2) is 84.0 Å². The highest BCUT2D eigenvalue weighted by Crippen LogP contribution is 2.34. The highest BCUT2D eigenvalue weighted by molar-refractivity contribution is 6.37. The molecule has 0 saturated carbocycles. The maximum atomic E-state index is 12.6. The number of nitrogens with one attached hydrogen (secondary N) is 1. The molecule has 0 unspecified atom stereocenters. The Hall–Kier alpha value is -4.07. The zero-order valence-corrected chi connectivity index (χ0v) is 21.6. The number of nitrogens with zero attached hydrogens (tertiary/aromatic N) is 2. The number of amides is 1. The van der Waals surface area contributed by atoms with Crippen LogP contribution in [0.4, 0.5) is 0 Å². The Morgan fingerprint density at radius 1 is 0.973 bits per heavy atom. The van der Waals surface area contributed by atoms with Crippen LogP contribution in [0.1, 0.15) is 21.6 Å². The Kier molecular flexibility index (Phi) is 8.28. The van der Waals surface area contributed by atoms with E-state index in [1.807, 2.05) is 37.3 Å².